The Hall–Kier alpha value is -1.47. The molecule has 1 aliphatic heterocycles. The van der Waals surface area contributed by atoms with Crippen LogP contribution in [0.2, 0.25) is 0 Å². The zero-order valence-electron chi connectivity index (χ0n) is 15.5. The summed E-state index contributed by atoms with van der Waals surface area (Å²) in [6.45, 7) is 6.69. The predicted molar refractivity (Wildman–Crippen MR) is 89.2 cm³/mol. The molecule has 2 N–H and O–H groups in total. The number of rotatable bonds is 5. The first-order valence-corrected chi connectivity index (χ1v) is 8.68. The normalized spacial score (nSPS) is 23.3. The number of carbonyl (C=O) groups excluding carboxylic acids is 3. The Morgan fingerprint density at radius 2 is 1.52 bits per heavy atom. The van der Waals surface area contributed by atoms with E-state index in [9.17, 15) is 14.4 Å². The minimum atomic E-state index is -0.870. The van der Waals surface area contributed by atoms with Crippen LogP contribution in [0.4, 0.5) is 0 Å². The predicted octanol–water partition coefficient (Wildman–Crippen LogP) is 1.44. The van der Waals surface area contributed by atoms with Crippen LogP contribution in [0.1, 0.15) is 53.4 Å². The summed E-state index contributed by atoms with van der Waals surface area (Å²) in [5, 5.41) is 17.8. The van der Waals surface area contributed by atoms with Crippen molar-refractivity contribution in [2.75, 3.05) is 19.8 Å². The summed E-state index contributed by atoms with van der Waals surface area (Å²) in [5.41, 5.74) is -1.30. The number of hydrogen-bond acceptors (Lipinski definition) is 7. The monoisotopic (exact) mass is 358 g/mol. The van der Waals surface area contributed by atoms with Crippen molar-refractivity contribution < 1.29 is 34.1 Å². The van der Waals surface area contributed by atoms with Gasteiger partial charge in [-0.05, 0) is 26.7 Å². The third kappa shape index (κ3) is 6.08. The summed E-state index contributed by atoms with van der Waals surface area (Å²) in [4.78, 5) is 33.3. The number of esters is 3. The second-order valence-electron chi connectivity index (χ2n) is 8.18. The van der Waals surface area contributed by atoms with Crippen molar-refractivity contribution in [3.05, 3.63) is 0 Å². The van der Waals surface area contributed by atoms with Gasteiger partial charge < -0.3 is 19.7 Å². The molecule has 144 valence electrons. The van der Waals surface area contributed by atoms with Crippen LogP contribution in [0.15, 0.2) is 0 Å². The average Bonchev–Trinajstić information content (AvgIpc) is 2.88. The molecule has 0 bridgehead atoms. The lowest BCUT2D eigenvalue weighted by Crippen LogP contribution is -2.34. The van der Waals surface area contributed by atoms with Gasteiger partial charge in [-0.2, -0.15) is 0 Å². The zero-order valence-corrected chi connectivity index (χ0v) is 15.5. The number of ether oxygens (including phenoxy) is 2. The van der Waals surface area contributed by atoms with Crippen LogP contribution in [0.5, 0.6) is 0 Å². The van der Waals surface area contributed by atoms with Crippen molar-refractivity contribution in [1.82, 2.24) is 0 Å². The number of aliphatic hydroxyl groups excluding tert-OH is 2. The molecule has 7 heteroatoms. The SMILES string of the molecule is CC(C)(CO)COC(=O)C(C)(C)CO.O=C1OC(=O)C2CCCCC12. The van der Waals surface area contributed by atoms with E-state index in [1.165, 1.54) is 0 Å². The molecule has 2 fully saturated rings. The number of aliphatic hydroxyl groups is 2. The molecule has 2 unspecified atom stereocenters. The summed E-state index contributed by atoms with van der Waals surface area (Å²) >= 11 is 0. The first-order valence-electron chi connectivity index (χ1n) is 8.68. The van der Waals surface area contributed by atoms with E-state index in [0.29, 0.717) is 0 Å². The fraction of sp³-hybridized carbons (Fsp3) is 0.833. The van der Waals surface area contributed by atoms with Gasteiger partial charge in [-0.25, -0.2) is 0 Å². The lowest BCUT2D eigenvalue weighted by molar-refractivity contribution is -0.160. The molecule has 7 nitrogen and oxygen atoms in total. The number of fused-ring (bicyclic) bond motifs is 1. The molecule has 0 amide bonds. The molecule has 1 saturated heterocycles. The van der Waals surface area contributed by atoms with E-state index in [0.717, 1.165) is 25.7 Å². The fourth-order valence-corrected chi connectivity index (χ4v) is 2.51. The second-order valence-corrected chi connectivity index (χ2v) is 8.18. The maximum atomic E-state index is 11.4. The molecule has 0 aromatic carbocycles. The highest BCUT2D eigenvalue weighted by Crippen LogP contribution is 2.36. The lowest BCUT2D eigenvalue weighted by Gasteiger charge is -2.25. The molecular formula is C18H30O7. The molecule has 2 rings (SSSR count). The first-order chi connectivity index (χ1) is 11.5. The van der Waals surface area contributed by atoms with Crippen molar-refractivity contribution in [1.29, 1.82) is 0 Å². The van der Waals surface area contributed by atoms with Gasteiger partial charge in [0.05, 0.1) is 37.1 Å². The van der Waals surface area contributed by atoms with Crippen LogP contribution in [0.3, 0.4) is 0 Å². The number of cyclic esters (lactones) is 2. The lowest BCUT2D eigenvalue weighted by atomic mass is 9.81. The van der Waals surface area contributed by atoms with Crippen molar-refractivity contribution in [3.63, 3.8) is 0 Å². The molecule has 1 saturated carbocycles. The molecule has 1 heterocycles. The Morgan fingerprint density at radius 3 is 1.92 bits per heavy atom. The van der Waals surface area contributed by atoms with E-state index in [1.807, 2.05) is 0 Å². The Balaban J connectivity index is 0.000000255. The van der Waals surface area contributed by atoms with Crippen molar-refractivity contribution >= 4 is 17.9 Å². The van der Waals surface area contributed by atoms with Crippen LogP contribution in [0, 0.1) is 22.7 Å². The third-order valence-electron chi connectivity index (χ3n) is 4.54. The summed E-state index contributed by atoms with van der Waals surface area (Å²) in [5.74, 6) is -1.23. The van der Waals surface area contributed by atoms with Gasteiger partial charge >= 0.3 is 17.9 Å². The smallest absolute Gasteiger partial charge is 0.317 e. The first kappa shape index (κ1) is 21.6. The molecular weight excluding hydrogens is 328 g/mol. The Labute approximate surface area is 148 Å². The van der Waals surface area contributed by atoms with Crippen LogP contribution >= 0.6 is 0 Å². The number of hydrogen-bond donors (Lipinski definition) is 2. The van der Waals surface area contributed by atoms with Gasteiger partial charge in [0.1, 0.15) is 0 Å². The fourth-order valence-electron chi connectivity index (χ4n) is 2.51. The van der Waals surface area contributed by atoms with Crippen LogP contribution in [-0.4, -0.2) is 47.9 Å². The zero-order chi connectivity index (χ0) is 19.3. The largest absolute Gasteiger partial charge is 0.465 e. The molecule has 0 radical (unpaired) electrons. The molecule has 25 heavy (non-hydrogen) atoms. The van der Waals surface area contributed by atoms with E-state index >= 15 is 0 Å². The average molecular weight is 358 g/mol. The number of carbonyl (C=O) groups is 3. The van der Waals surface area contributed by atoms with E-state index in [2.05, 4.69) is 4.74 Å². The maximum absolute atomic E-state index is 11.4. The van der Waals surface area contributed by atoms with Gasteiger partial charge in [0, 0.05) is 5.41 Å². The summed E-state index contributed by atoms with van der Waals surface area (Å²) in [7, 11) is 0. The summed E-state index contributed by atoms with van der Waals surface area (Å²) < 4.78 is 9.52. The topological polar surface area (TPSA) is 110 Å². The minimum absolute atomic E-state index is 0.0418. The Morgan fingerprint density at radius 1 is 1.04 bits per heavy atom. The molecule has 0 aromatic rings. The molecule has 0 aromatic heterocycles. The van der Waals surface area contributed by atoms with Crippen LogP contribution in [0.25, 0.3) is 0 Å². The van der Waals surface area contributed by atoms with Gasteiger partial charge in [0.15, 0.2) is 0 Å². The summed E-state index contributed by atoms with van der Waals surface area (Å²) in [6, 6.07) is 0. The Kier molecular flexibility index (Phi) is 7.56. The van der Waals surface area contributed by atoms with E-state index in [1.54, 1.807) is 27.7 Å². The van der Waals surface area contributed by atoms with Gasteiger partial charge in [-0.3, -0.25) is 14.4 Å². The maximum Gasteiger partial charge on any atom is 0.317 e. The van der Waals surface area contributed by atoms with Gasteiger partial charge in [-0.15, -0.1) is 0 Å². The molecule has 0 spiro atoms. The highest BCUT2D eigenvalue weighted by atomic mass is 16.6. The quantitative estimate of drug-likeness (QED) is 0.565. The standard InChI is InChI=1S/C10H20O4.C8H10O3/c1-9(2,5-11)7-14-8(13)10(3,4)6-12;9-7-5-3-1-2-4-6(5)8(10)11-7/h11-12H,5-7H2,1-4H3;5-6H,1-4H2. The molecule has 2 aliphatic rings. The summed E-state index contributed by atoms with van der Waals surface area (Å²) in [6.07, 6.45) is 3.80. The molecule has 2 atom stereocenters. The van der Waals surface area contributed by atoms with Crippen molar-refractivity contribution in [2.24, 2.45) is 22.7 Å². The van der Waals surface area contributed by atoms with Crippen LogP contribution < -0.4 is 0 Å². The van der Waals surface area contributed by atoms with Crippen molar-refractivity contribution in [3.8, 4) is 0 Å². The highest BCUT2D eigenvalue weighted by Gasteiger charge is 2.44. The van der Waals surface area contributed by atoms with Crippen LogP contribution in [-0.2, 0) is 23.9 Å². The highest BCUT2D eigenvalue weighted by molar-refractivity contribution is 5.96. The Bertz CT molecular complexity index is 474. The third-order valence-corrected chi connectivity index (χ3v) is 4.54. The van der Waals surface area contributed by atoms with E-state index in [-0.39, 0.29) is 43.6 Å². The van der Waals surface area contributed by atoms with E-state index < -0.39 is 16.8 Å². The second kappa shape index (κ2) is 8.76. The van der Waals surface area contributed by atoms with Crippen molar-refractivity contribution in [2.45, 2.75) is 53.4 Å². The van der Waals surface area contributed by atoms with Gasteiger partial charge in [0.2, 0.25) is 0 Å². The molecule has 1 aliphatic carbocycles. The van der Waals surface area contributed by atoms with Gasteiger partial charge in [0.25, 0.3) is 0 Å². The van der Waals surface area contributed by atoms with Gasteiger partial charge in [-0.1, -0.05) is 26.7 Å². The minimum Gasteiger partial charge on any atom is -0.465 e. The van der Waals surface area contributed by atoms with E-state index in [4.69, 9.17) is 14.9 Å².